The van der Waals surface area contributed by atoms with E-state index < -0.39 is 17.6 Å². The van der Waals surface area contributed by atoms with E-state index in [1.54, 1.807) is 0 Å². The quantitative estimate of drug-likeness (QED) is 0.477. The molecule has 0 saturated carbocycles. The molecule has 0 amide bonds. The smallest absolute Gasteiger partial charge is 0.327 e. The number of hydrogen-bond donors (Lipinski definition) is 2. The van der Waals surface area contributed by atoms with Crippen molar-refractivity contribution < 1.29 is 19.5 Å². The molecule has 0 aromatic carbocycles. The molecule has 5 heteroatoms. The monoisotopic (exact) mass is 191 g/mol. The number of carbonyl (C=O) groups is 1. The third kappa shape index (κ3) is 5.57. The lowest BCUT2D eigenvalue weighted by atomic mass is 10.2. The summed E-state index contributed by atoms with van der Waals surface area (Å²) in [5.41, 5.74) is 2.02. The van der Waals surface area contributed by atoms with Crippen molar-refractivity contribution in [2.45, 2.75) is 32.4 Å². The van der Waals surface area contributed by atoms with Gasteiger partial charge in [0.1, 0.15) is 0 Å². The largest absolute Gasteiger partial charge is 0.468 e. The topological polar surface area (TPSA) is 67.8 Å². The van der Waals surface area contributed by atoms with Gasteiger partial charge in [0.15, 0.2) is 6.04 Å². The number of esters is 1. The molecule has 0 radical (unpaired) electrons. The number of hydrogen-bond acceptors (Lipinski definition) is 5. The molecule has 2 N–H and O–H groups in total. The molecule has 0 rings (SSSR count). The Kier molecular flexibility index (Phi) is 4.90. The van der Waals surface area contributed by atoms with Crippen LogP contribution in [0.25, 0.3) is 0 Å². The first kappa shape index (κ1) is 12.3. The fraction of sp³-hybridized carbons (Fsp3) is 0.875. The van der Waals surface area contributed by atoms with Crippen LogP contribution in [-0.2, 0) is 14.4 Å². The maximum Gasteiger partial charge on any atom is 0.327 e. The van der Waals surface area contributed by atoms with E-state index in [4.69, 9.17) is 9.94 Å². The fourth-order valence-corrected chi connectivity index (χ4v) is 0.550. The second kappa shape index (κ2) is 5.16. The molecule has 0 bridgehead atoms. The minimum absolute atomic E-state index is 0.358. The highest BCUT2D eigenvalue weighted by molar-refractivity contribution is 5.75. The molecule has 0 aromatic rings. The lowest BCUT2D eigenvalue weighted by Crippen LogP contribution is -2.44. The van der Waals surface area contributed by atoms with E-state index in [-0.39, 0.29) is 6.61 Å². The normalized spacial score (nSPS) is 13.9. The van der Waals surface area contributed by atoms with Gasteiger partial charge in [-0.15, -0.1) is 0 Å². The van der Waals surface area contributed by atoms with Crippen LogP contribution < -0.4 is 5.48 Å². The molecule has 0 spiro atoms. The molecule has 0 unspecified atom stereocenters. The van der Waals surface area contributed by atoms with Crippen LogP contribution in [0, 0.1) is 0 Å². The average molecular weight is 191 g/mol. The van der Waals surface area contributed by atoms with Crippen molar-refractivity contribution in [3.05, 3.63) is 0 Å². The maximum absolute atomic E-state index is 10.9. The first-order chi connectivity index (χ1) is 5.90. The van der Waals surface area contributed by atoms with Gasteiger partial charge in [0, 0.05) is 0 Å². The summed E-state index contributed by atoms with van der Waals surface area (Å²) < 4.78 is 4.43. The number of carbonyl (C=O) groups excluding carboxylic acids is 1. The highest BCUT2D eigenvalue weighted by Crippen LogP contribution is 2.04. The molecule has 0 fully saturated rings. The molecule has 78 valence electrons. The van der Waals surface area contributed by atoms with E-state index in [0.29, 0.717) is 0 Å². The Morgan fingerprint density at radius 2 is 2.08 bits per heavy atom. The number of aliphatic hydroxyl groups excluding tert-OH is 1. The molecule has 13 heavy (non-hydrogen) atoms. The van der Waals surface area contributed by atoms with E-state index in [1.807, 2.05) is 20.8 Å². The summed E-state index contributed by atoms with van der Waals surface area (Å²) in [5.74, 6) is -0.549. The minimum atomic E-state index is -0.829. The number of nitrogens with one attached hydrogen (secondary N) is 1. The Bertz CT molecular complexity index is 164. The van der Waals surface area contributed by atoms with Gasteiger partial charge in [-0.1, -0.05) is 0 Å². The Labute approximate surface area is 78.0 Å². The van der Waals surface area contributed by atoms with Crippen LogP contribution in [0.4, 0.5) is 0 Å². The van der Waals surface area contributed by atoms with Crippen molar-refractivity contribution in [3.63, 3.8) is 0 Å². The van der Waals surface area contributed by atoms with Crippen molar-refractivity contribution in [1.82, 2.24) is 5.48 Å². The van der Waals surface area contributed by atoms with Gasteiger partial charge in [-0.3, -0.25) is 9.63 Å². The van der Waals surface area contributed by atoms with E-state index in [2.05, 4.69) is 10.2 Å². The Balaban J connectivity index is 3.93. The molecule has 0 heterocycles. The lowest BCUT2D eigenvalue weighted by molar-refractivity contribution is -0.155. The zero-order chi connectivity index (χ0) is 10.5. The number of hydroxylamine groups is 1. The van der Waals surface area contributed by atoms with E-state index in [1.165, 1.54) is 7.11 Å². The van der Waals surface area contributed by atoms with E-state index in [0.717, 1.165) is 0 Å². The number of aliphatic hydroxyl groups is 1. The summed E-state index contributed by atoms with van der Waals surface area (Å²) in [7, 11) is 1.25. The van der Waals surface area contributed by atoms with Gasteiger partial charge in [0.2, 0.25) is 0 Å². The molecule has 0 aliphatic rings. The number of rotatable bonds is 4. The SMILES string of the molecule is COC(=O)[C@H](CO)NOC(C)(C)C. The Morgan fingerprint density at radius 1 is 1.54 bits per heavy atom. The second-order valence-corrected chi connectivity index (χ2v) is 3.59. The maximum atomic E-state index is 10.9. The van der Waals surface area contributed by atoms with Crippen molar-refractivity contribution in [1.29, 1.82) is 0 Å². The Morgan fingerprint density at radius 3 is 2.38 bits per heavy atom. The number of methoxy groups -OCH3 is 1. The first-order valence-corrected chi connectivity index (χ1v) is 4.03. The molecule has 1 atom stereocenters. The Hall–Kier alpha value is -0.650. The molecule has 0 aliphatic carbocycles. The first-order valence-electron chi connectivity index (χ1n) is 4.03. The second-order valence-electron chi connectivity index (χ2n) is 3.59. The van der Waals surface area contributed by atoms with Crippen molar-refractivity contribution in [2.24, 2.45) is 0 Å². The van der Waals surface area contributed by atoms with E-state index >= 15 is 0 Å². The van der Waals surface area contributed by atoms with Gasteiger partial charge < -0.3 is 9.84 Å². The van der Waals surface area contributed by atoms with Gasteiger partial charge in [0.05, 0.1) is 19.3 Å². The van der Waals surface area contributed by atoms with Crippen LogP contribution in [0.2, 0.25) is 0 Å². The van der Waals surface area contributed by atoms with Crippen LogP contribution >= 0.6 is 0 Å². The van der Waals surface area contributed by atoms with Gasteiger partial charge in [-0.2, -0.15) is 5.48 Å². The number of ether oxygens (including phenoxy) is 1. The molecule has 5 nitrogen and oxygen atoms in total. The summed E-state index contributed by atoms with van der Waals surface area (Å²) in [6.07, 6.45) is 0. The zero-order valence-corrected chi connectivity index (χ0v) is 8.46. The fourth-order valence-electron chi connectivity index (χ4n) is 0.550. The van der Waals surface area contributed by atoms with Gasteiger partial charge in [-0.05, 0) is 20.8 Å². The van der Waals surface area contributed by atoms with Crippen LogP contribution in [0.15, 0.2) is 0 Å². The van der Waals surface area contributed by atoms with Crippen molar-refractivity contribution >= 4 is 5.97 Å². The van der Waals surface area contributed by atoms with E-state index in [9.17, 15) is 4.79 Å². The zero-order valence-electron chi connectivity index (χ0n) is 8.46. The third-order valence-corrected chi connectivity index (χ3v) is 1.18. The van der Waals surface area contributed by atoms with Crippen LogP contribution in [0.5, 0.6) is 0 Å². The van der Waals surface area contributed by atoms with Crippen molar-refractivity contribution in [2.75, 3.05) is 13.7 Å². The lowest BCUT2D eigenvalue weighted by Gasteiger charge is -2.22. The third-order valence-electron chi connectivity index (χ3n) is 1.18. The predicted molar refractivity (Wildman–Crippen MR) is 46.9 cm³/mol. The molecule has 0 aromatic heterocycles. The van der Waals surface area contributed by atoms with Crippen molar-refractivity contribution in [3.8, 4) is 0 Å². The summed E-state index contributed by atoms with van der Waals surface area (Å²) in [6.45, 7) is 5.12. The summed E-state index contributed by atoms with van der Waals surface area (Å²) in [6, 6.07) is -0.829. The standard InChI is InChI=1S/C8H17NO4/c1-8(2,3)13-9-6(5-10)7(11)12-4/h6,9-10H,5H2,1-4H3/t6-/m0/s1. The molecule has 0 saturated heterocycles. The molecule has 0 aliphatic heterocycles. The summed E-state index contributed by atoms with van der Waals surface area (Å²) in [5, 5.41) is 8.78. The highest BCUT2D eigenvalue weighted by Gasteiger charge is 2.21. The average Bonchev–Trinajstić information content (AvgIpc) is 2.03. The predicted octanol–water partition coefficient (Wildman–Crippen LogP) is -0.160. The summed E-state index contributed by atoms with van der Waals surface area (Å²) >= 11 is 0. The molecular weight excluding hydrogens is 174 g/mol. The summed E-state index contributed by atoms with van der Waals surface area (Å²) in [4.78, 5) is 16.0. The van der Waals surface area contributed by atoms with Gasteiger partial charge in [-0.25, -0.2) is 0 Å². The minimum Gasteiger partial charge on any atom is -0.468 e. The van der Waals surface area contributed by atoms with Gasteiger partial charge >= 0.3 is 5.97 Å². The molecular formula is C8H17NO4. The highest BCUT2D eigenvalue weighted by atomic mass is 16.7. The van der Waals surface area contributed by atoms with Crippen LogP contribution in [-0.4, -0.2) is 36.4 Å². The van der Waals surface area contributed by atoms with Crippen LogP contribution in [0.1, 0.15) is 20.8 Å². The van der Waals surface area contributed by atoms with Crippen LogP contribution in [0.3, 0.4) is 0 Å². The van der Waals surface area contributed by atoms with Gasteiger partial charge in [0.25, 0.3) is 0 Å².